The second-order valence-electron chi connectivity index (χ2n) is 4.96. The minimum Gasteiger partial charge on any atom is -0.494 e. The SMILES string of the molecule is C=CCOC(=O)C1=C(C)NC(=O)N[C@H]1c1cccc(OCC)c1. The van der Waals surface area contributed by atoms with Gasteiger partial charge >= 0.3 is 12.0 Å². The van der Waals surface area contributed by atoms with Gasteiger partial charge in [-0.1, -0.05) is 24.8 Å². The van der Waals surface area contributed by atoms with E-state index in [1.807, 2.05) is 25.1 Å². The Morgan fingerprint density at radius 1 is 1.43 bits per heavy atom. The van der Waals surface area contributed by atoms with Gasteiger partial charge in [-0.15, -0.1) is 0 Å². The van der Waals surface area contributed by atoms with Crippen LogP contribution in [-0.4, -0.2) is 25.2 Å². The van der Waals surface area contributed by atoms with Gasteiger partial charge in [-0.25, -0.2) is 9.59 Å². The first-order chi connectivity index (χ1) is 11.1. The second kappa shape index (κ2) is 7.49. The van der Waals surface area contributed by atoms with Gasteiger partial charge in [0.2, 0.25) is 0 Å². The van der Waals surface area contributed by atoms with E-state index in [0.717, 1.165) is 5.56 Å². The van der Waals surface area contributed by atoms with Crippen molar-refractivity contribution in [3.05, 3.63) is 53.8 Å². The first-order valence-corrected chi connectivity index (χ1v) is 7.35. The number of carbonyl (C=O) groups is 2. The Morgan fingerprint density at radius 2 is 2.22 bits per heavy atom. The van der Waals surface area contributed by atoms with Crippen molar-refractivity contribution in [2.24, 2.45) is 0 Å². The number of hydrogen-bond donors (Lipinski definition) is 2. The molecule has 0 saturated carbocycles. The van der Waals surface area contributed by atoms with E-state index in [1.54, 1.807) is 13.0 Å². The smallest absolute Gasteiger partial charge is 0.338 e. The number of carbonyl (C=O) groups excluding carboxylic acids is 2. The highest BCUT2D eigenvalue weighted by molar-refractivity contribution is 5.95. The number of urea groups is 1. The predicted octanol–water partition coefficient (Wildman–Crippen LogP) is 2.44. The summed E-state index contributed by atoms with van der Waals surface area (Å²) in [4.78, 5) is 24.1. The second-order valence-corrected chi connectivity index (χ2v) is 4.96. The molecular formula is C17H20N2O4. The van der Waals surface area contributed by atoms with Crippen LogP contribution in [0.25, 0.3) is 0 Å². The fourth-order valence-electron chi connectivity index (χ4n) is 2.38. The minimum atomic E-state index is -0.596. The van der Waals surface area contributed by atoms with Crippen molar-refractivity contribution < 1.29 is 19.1 Å². The number of ether oxygens (including phenoxy) is 2. The molecule has 0 saturated heterocycles. The third-order valence-corrected chi connectivity index (χ3v) is 3.32. The number of hydrogen-bond acceptors (Lipinski definition) is 4. The monoisotopic (exact) mass is 316 g/mol. The van der Waals surface area contributed by atoms with E-state index in [0.29, 0.717) is 23.6 Å². The average molecular weight is 316 g/mol. The molecule has 1 aliphatic rings. The fraction of sp³-hybridized carbons (Fsp3) is 0.294. The van der Waals surface area contributed by atoms with Crippen molar-refractivity contribution in [3.8, 4) is 5.75 Å². The summed E-state index contributed by atoms with van der Waals surface area (Å²) in [5.41, 5.74) is 1.57. The van der Waals surface area contributed by atoms with Gasteiger partial charge in [-0.2, -0.15) is 0 Å². The topological polar surface area (TPSA) is 76.7 Å². The van der Waals surface area contributed by atoms with Gasteiger partial charge in [0.25, 0.3) is 0 Å². The van der Waals surface area contributed by atoms with Crippen LogP contribution in [-0.2, 0) is 9.53 Å². The molecule has 1 atom stereocenters. The summed E-state index contributed by atoms with van der Waals surface area (Å²) >= 11 is 0. The summed E-state index contributed by atoms with van der Waals surface area (Å²) < 4.78 is 10.6. The van der Waals surface area contributed by atoms with E-state index in [4.69, 9.17) is 9.47 Å². The number of esters is 1. The largest absolute Gasteiger partial charge is 0.494 e. The van der Waals surface area contributed by atoms with Crippen LogP contribution < -0.4 is 15.4 Å². The average Bonchev–Trinajstić information content (AvgIpc) is 2.52. The first-order valence-electron chi connectivity index (χ1n) is 7.35. The van der Waals surface area contributed by atoms with Crippen LogP contribution in [0.1, 0.15) is 25.5 Å². The highest BCUT2D eigenvalue weighted by Gasteiger charge is 2.32. The Labute approximate surface area is 135 Å². The molecule has 2 N–H and O–H groups in total. The van der Waals surface area contributed by atoms with Crippen LogP contribution in [0.15, 0.2) is 48.2 Å². The molecule has 2 amide bonds. The van der Waals surface area contributed by atoms with Gasteiger partial charge in [-0.3, -0.25) is 0 Å². The Balaban J connectivity index is 2.38. The van der Waals surface area contributed by atoms with Crippen LogP contribution in [0.5, 0.6) is 5.75 Å². The lowest BCUT2D eigenvalue weighted by molar-refractivity contribution is -0.138. The summed E-state index contributed by atoms with van der Waals surface area (Å²) in [5.74, 6) is 0.177. The van der Waals surface area contributed by atoms with E-state index in [-0.39, 0.29) is 12.6 Å². The first kappa shape index (κ1) is 16.6. The lowest BCUT2D eigenvalue weighted by Gasteiger charge is -2.28. The van der Waals surface area contributed by atoms with Crippen LogP contribution in [0.3, 0.4) is 0 Å². The van der Waals surface area contributed by atoms with Gasteiger partial charge < -0.3 is 20.1 Å². The van der Waals surface area contributed by atoms with Gasteiger partial charge in [0.05, 0.1) is 18.2 Å². The molecule has 0 spiro atoms. The maximum atomic E-state index is 12.3. The molecule has 0 unspecified atom stereocenters. The summed E-state index contributed by atoms with van der Waals surface area (Å²) in [5, 5.41) is 5.35. The molecule has 0 fully saturated rings. The summed E-state index contributed by atoms with van der Waals surface area (Å²) in [6, 6.07) is 6.30. The summed E-state index contributed by atoms with van der Waals surface area (Å²) in [6.07, 6.45) is 1.49. The fourth-order valence-corrected chi connectivity index (χ4v) is 2.38. The molecule has 0 bridgehead atoms. The normalized spacial score (nSPS) is 17.1. The summed E-state index contributed by atoms with van der Waals surface area (Å²) in [6.45, 7) is 7.72. The van der Waals surface area contributed by atoms with Crippen LogP contribution in [0.4, 0.5) is 4.79 Å². The molecule has 1 aromatic carbocycles. The van der Waals surface area contributed by atoms with E-state index < -0.39 is 12.0 Å². The van der Waals surface area contributed by atoms with Gasteiger partial charge in [0, 0.05) is 5.70 Å². The zero-order valence-corrected chi connectivity index (χ0v) is 13.2. The third kappa shape index (κ3) is 3.91. The lowest BCUT2D eigenvalue weighted by atomic mass is 9.95. The number of rotatable bonds is 6. The molecule has 0 aromatic heterocycles. The van der Waals surface area contributed by atoms with E-state index in [9.17, 15) is 9.59 Å². The van der Waals surface area contributed by atoms with Gasteiger partial charge in [0.15, 0.2) is 0 Å². The molecule has 2 rings (SSSR count). The Bertz CT molecular complexity index is 652. The van der Waals surface area contributed by atoms with Crippen molar-refractivity contribution in [1.29, 1.82) is 0 Å². The Kier molecular flexibility index (Phi) is 5.41. The maximum Gasteiger partial charge on any atom is 0.338 e. The van der Waals surface area contributed by atoms with Gasteiger partial charge in [0.1, 0.15) is 12.4 Å². The Morgan fingerprint density at radius 3 is 2.91 bits per heavy atom. The van der Waals surface area contributed by atoms with Crippen LogP contribution >= 0.6 is 0 Å². The predicted molar refractivity (Wildman–Crippen MR) is 85.9 cm³/mol. The van der Waals surface area contributed by atoms with Crippen molar-refractivity contribution in [2.75, 3.05) is 13.2 Å². The highest BCUT2D eigenvalue weighted by atomic mass is 16.5. The molecule has 1 aromatic rings. The number of allylic oxidation sites excluding steroid dienone is 1. The third-order valence-electron chi connectivity index (χ3n) is 3.32. The molecule has 1 aliphatic heterocycles. The lowest BCUT2D eigenvalue weighted by Crippen LogP contribution is -2.45. The summed E-state index contributed by atoms with van der Waals surface area (Å²) in [7, 11) is 0. The standard InChI is InChI=1S/C17H20N2O4/c1-4-9-23-16(20)14-11(3)18-17(21)19-15(14)12-7-6-8-13(10-12)22-5-2/h4,6-8,10,15H,1,5,9H2,2-3H3,(H2,18,19,21)/t15-/m0/s1. The zero-order chi connectivity index (χ0) is 16.8. The van der Waals surface area contributed by atoms with Gasteiger partial charge in [-0.05, 0) is 31.5 Å². The van der Waals surface area contributed by atoms with Crippen molar-refractivity contribution in [2.45, 2.75) is 19.9 Å². The minimum absolute atomic E-state index is 0.106. The highest BCUT2D eigenvalue weighted by Crippen LogP contribution is 2.29. The molecule has 6 nitrogen and oxygen atoms in total. The Hall–Kier alpha value is -2.76. The molecule has 1 heterocycles. The van der Waals surface area contributed by atoms with Crippen LogP contribution in [0, 0.1) is 0 Å². The quantitative estimate of drug-likeness (QED) is 0.624. The maximum absolute atomic E-state index is 12.3. The van der Waals surface area contributed by atoms with E-state index >= 15 is 0 Å². The van der Waals surface area contributed by atoms with Crippen molar-refractivity contribution in [3.63, 3.8) is 0 Å². The molecule has 23 heavy (non-hydrogen) atoms. The zero-order valence-electron chi connectivity index (χ0n) is 13.2. The van der Waals surface area contributed by atoms with E-state index in [2.05, 4.69) is 17.2 Å². The number of benzene rings is 1. The van der Waals surface area contributed by atoms with Crippen molar-refractivity contribution >= 4 is 12.0 Å². The van der Waals surface area contributed by atoms with Crippen molar-refractivity contribution in [1.82, 2.24) is 10.6 Å². The number of amides is 2. The molecule has 0 aliphatic carbocycles. The molecular weight excluding hydrogens is 296 g/mol. The van der Waals surface area contributed by atoms with Crippen LogP contribution in [0.2, 0.25) is 0 Å². The molecule has 0 radical (unpaired) electrons. The number of nitrogens with one attached hydrogen (secondary N) is 2. The molecule has 6 heteroatoms. The molecule has 122 valence electrons. The van der Waals surface area contributed by atoms with E-state index in [1.165, 1.54) is 6.08 Å².